The van der Waals surface area contributed by atoms with Crippen LogP contribution in [0.1, 0.15) is 16.7 Å². The number of nitrogens with two attached hydrogens (primary N) is 1. The maximum Gasteiger partial charge on any atom is 0.212 e. The Morgan fingerprint density at radius 1 is 0.971 bits per heavy atom. The van der Waals surface area contributed by atoms with Crippen LogP contribution in [-0.2, 0) is 9.84 Å². The fourth-order valence-corrected chi connectivity index (χ4v) is 5.65. The number of rotatable bonds is 4. The molecule has 0 aliphatic carbocycles. The number of phenols is 1. The Morgan fingerprint density at radius 2 is 1.71 bits per heavy atom. The summed E-state index contributed by atoms with van der Waals surface area (Å²) < 4.78 is 29.0. The highest BCUT2D eigenvalue weighted by Crippen LogP contribution is 2.36. The first-order valence-corrected chi connectivity index (χ1v) is 12.0. The summed E-state index contributed by atoms with van der Waals surface area (Å²) in [4.78, 5) is 9.27. The van der Waals surface area contributed by atoms with Crippen molar-refractivity contribution in [2.45, 2.75) is 23.6 Å². The van der Waals surface area contributed by atoms with Gasteiger partial charge in [0.1, 0.15) is 22.0 Å². The molecule has 0 unspecified atom stereocenters. The Labute approximate surface area is 195 Å². The average Bonchev–Trinajstić information content (AvgIpc) is 3.08. The molecule has 5 aromatic rings. The minimum atomic E-state index is -4.05. The molecule has 34 heavy (non-hydrogen) atoms. The molecule has 8 nitrogen and oxygen atoms in total. The quantitative estimate of drug-likeness (QED) is 0.379. The summed E-state index contributed by atoms with van der Waals surface area (Å²) in [6.45, 7) is 3.57. The fourth-order valence-electron chi connectivity index (χ4n) is 3.84. The van der Waals surface area contributed by atoms with E-state index in [0.717, 1.165) is 5.56 Å². The van der Waals surface area contributed by atoms with E-state index in [9.17, 15) is 13.5 Å². The number of nitrogen functional groups attached to an aromatic ring is 1. The number of nitrogens with zero attached hydrogens (tertiary/aromatic N) is 4. The van der Waals surface area contributed by atoms with Crippen molar-refractivity contribution in [2.75, 3.05) is 5.73 Å². The molecule has 0 amide bonds. The molecule has 2 aromatic heterocycles. The Kier molecular flexibility index (Phi) is 5.06. The van der Waals surface area contributed by atoms with Crippen LogP contribution in [0.5, 0.6) is 5.75 Å². The van der Waals surface area contributed by atoms with Gasteiger partial charge in [-0.05, 0) is 60.9 Å². The van der Waals surface area contributed by atoms with E-state index in [2.05, 4.69) is 15.1 Å². The van der Waals surface area contributed by atoms with Gasteiger partial charge in [0, 0.05) is 0 Å². The minimum Gasteiger partial charge on any atom is -0.508 e. The third-order valence-electron chi connectivity index (χ3n) is 5.52. The number of aryl methyl sites for hydroxylation is 2. The van der Waals surface area contributed by atoms with Gasteiger partial charge in [-0.3, -0.25) is 0 Å². The van der Waals surface area contributed by atoms with Crippen LogP contribution in [0, 0.1) is 13.8 Å². The fraction of sp³-hybridized carbons (Fsp3) is 0.0800. The number of phenolic OH excluding ortho intramolecular Hbond substituents is 1. The summed E-state index contributed by atoms with van der Waals surface area (Å²) in [5.74, 6) is -0.0131. The van der Waals surface area contributed by atoms with E-state index in [0.29, 0.717) is 22.2 Å². The van der Waals surface area contributed by atoms with Gasteiger partial charge in [-0.1, -0.05) is 36.4 Å². The molecule has 0 radical (unpaired) electrons. The SMILES string of the molecule is Cc1ccc(C)c(S(=O)(=O)c2c(N)n(N=Cc3cccc(O)c3)c3nc4ccccc4nc23)c1. The summed E-state index contributed by atoms with van der Waals surface area (Å²) in [5, 5.41) is 14.2. The number of aromatic hydroxyl groups is 1. The molecule has 170 valence electrons. The molecular formula is C25H21N5O3S. The lowest BCUT2D eigenvalue weighted by Crippen LogP contribution is -2.08. The Balaban J connectivity index is 1.82. The molecule has 0 fully saturated rings. The normalized spacial score (nSPS) is 12.2. The third-order valence-corrected chi connectivity index (χ3v) is 7.48. The van der Waals surface area contributed by atoms with Crippen LogP contribution in [-0.4, -0.2) is 34.4 Å². The summed E-state index contributed by atoms with van der Waals surface area (Å²) in [6, 6.07) is 18.9. The highest BCUT2D eigenvalue weighted by molar-refractivity contribution is 7.92. The predicted octanol–water partition coefficient (Wildman–Crippen LogP) is 4.20. The van der Waals surface area contributed by atoms with Gasteiger partial charge in [0.25, 0.3) is 0 Å². The Morgan fingerprint density at radius 3 is 2.44 bits per heavy atom. The molecule has 0 atom stereocenters. The van der Waals surface area contributed by atoms with E-state index in [1.54, 1.807) is 49.4 Å². The topological polar surface area (TPSA) is 123 Å². The molecule has 0 aliphatic heterocycles. The predicted molar refractivity (Wildman–Crippen MR) is 132 cm³/mol. The lowest BCUT2D eigenvalue weighted by Gasteiger charge is -2.09. The number of para-hydroxylation sites is 2. The average molecular weight is 472 g/mol. The van der Waals surface area contributed by atoms with Gasteiger partial charge in [0.15, 0.2) is 5.65 Å². The smallest absolute Gasteiger partial charge is 0.212 e. The molecule has 5 rings (SSSR count). The van der Waals surface area contributed by atoms with E-state index in [-0.39, 0.29) is 32.5 Å². The summed E-state index contributed by atoms with van der Waals surface area (Å²) >= 11 is 0. The van der Waals surface area contributed by atoms with Gasteiger partial charge < -0.3 is 10.8 Å². The lowest BCUT2D eigenvalue weighted by atomic mass is 10.2. The Bertz CT molecular complexity index is 1720. The largest absolute Gasteiger partial charge is 0.508 e. The molecule has 3 aromatic carbocycles. The van der Waals surface area contributed by atoms with Crippen LogP contribution in [0.15, 0.2) is 81.6 Å². The van der Waals surface area contributed by atoms with Gasteiger partial charge in [-0.25, -0.2) is 18.4 Å². The first kappa shape index (κ1) is 21.6. The van der Waals surface area contributed by atoms with Crippen molar-refractivity contribution in [3.8, 4) is 5.75 Å². The van der Waals surface area contributed by atoms with Crippen molar-refractivity contribution in [3.63, 3.8) is 0 Å². The minimum absolute atomic E-state index is 0.0817. The molecule has 0 saturated carbocycles. The molecule has 0 aliphatic rings. The monoisotopic (exact) mass is 471 g/mol. The van der Waals surface area contributed by atoms with Crippen LogP contribution in [0.25, 0.3) is 22.2 Å². The second kappa shape index (κ2) is 7.96. The van der Waals surface area contributed by atoms with Crippen LogP contribution in [0.3, 0.4) is 0 Å². The zero-order valence-corrected chi connectivity index (χ0v) is 19.3. The molecule has 0 saturated heterocycles. The number of aromatic nitrogens is 3. The van der Waals surface area contributed by atoms with Gasteiger partial charge in [0.05, 0.1) is 22.1 Å². The second-order valence-electron chi connectivity index (χ2n) is 8.02. The molecule has 2 heterocycles. The maximum absolute atomic E-state index is 13.9. The zero-order valence-electron chi connectivity index (χ0n) is 18.5. The molecule has 0 bridgehead atoms. The second-order valence-corrected chi connectivity index (χ2v) is 9.88. The number of anilines is 1. The maximum atomic E-state index is 13.9. The van der Waals surface area contributed by atoms with Crippen molar-refractivity contribution < 1.29 is 13.5 Å². The number of sulfone groups is 1. The van der Waals surface area contributed by atoms with Crippen molar-refractivity contribution in [3.05, 3.63) is 83.4 Å². The van der Waals surface area contributed by atoms with Crippen LogP contribution < -0.4 is 5.73 Å². The molecule has 9 heteroatoms. The van der Waals surface area contributed by atoms with Gasteiger partial charge in [-0.2, -0.15) is 9.78 Å². The van der Waals surface area contributed by atoms with Crippen LogP contribution >= 0.6 is 0 Å². The van der Waals surface area contributed by atoms with E-state index >= 15 is 0 Å². The van der Waals surface area contributed by atoms with Crippen molar-refractivity contribution in [1.29, 1.82) is 0 Å². The van der Waals surface area contributed by atoms with Crippen LogP contribution in [0.4, 0.5) is 5.82 Å². The highest BCUT2D eigenvalue weighted by atomic mass is 32.2. The van der Waals surface area contributed by atoms with Gasteiger partial charge >= 0.3 is 0 Å². The molecule has 0 spiro atoms. The van der Waals surface area contributed by atoms with E-state index < -0.39 is 9.84 Å². The highest BCUT2D eigenvalue weighted by Gasteiger charge is 2.31. The summed E-state index contributed by atoms with van der Waals surface area (Å²) in [6.07, 6.45) is 1.47. The summed E-state index contributed by atoms with van der Waals surface area (Å²) in [7, 11) is -4.05. The van der Waals surface area contributed by atoms with Gasteiger partial charge in [0.2, 0.25) is 9.84 Å². The van der Waals surface area contributed by atoms with Crippen molar-refractivity contribution in [1.82, 2.24) is 14.6 Å². The van der Waals surface area contributed by atoms with Crippen molar-refractivity contribution >= 4 is 44.1 Å². The first-order chi connectivity index (χ1) is 16.3. The standard InChI is InChI=1S/C25H21N5O3S/c1-15-10-11-16(2)21(12-15)34(32,33)23-22-25(29-20-9-4-3-8-19(20)28-22)30(24(23)26)27-14-17-6-5-7-18(31)13-17/h3-14,31H,26H2,1-2H3. The Hall–Kier alpha value is -4.24. The third kappa shape index (κ3) is 3.56. The number of benzene rings is 3. The van der Waals surface area contributed by atoms with E-state index in [4.69, 9.17) is 5.73 Å². The zero-order chi connectivity index (χ0) is 24.0. The molecular weight excluding hydrogens is 450 g/mol. The first-order valence-electron chi connectivity index (χ1n) is 10.5. The van der Waals surface area contributed by atoms with Gasteiger partial charge in [-0.15, -0.1) is 0 Å². The van der Waals surface area contributed by atoms with E-state index in [1.165, 1.54) is 17.0 Å². The molecule has 3 N–H and O–H groups in total. The lowest BCUT2D eigenvalue weighted by molar-refractivity contribution is 0.475. The number of fused-ring (bicyclic) bond motifs is 2. The summed E-state index contributed by atoms with van der Waals surface area (Å²) in [5.41, 5.74) is 9.93. The van der Waals surface area contributed by atoms with Crippen molar-refractivity contribution in [2.24, 2.45) is 5.10 Å². The van der Waals surface area contributed by atoms with Crippen LogP contribution in [0.2, 0.25) is 0 Å². The number of hydrogen-bond donors (Lipinski definition) is 2. The number of hydrogen-bond acceptors (Lipinski definition) is 7. The van der Waals surface area contributed by atoms with E-state index in [1.807, 2.05) is 25.1 Å².